The molecule has 1 aromatic heterocycles. The SMILES string of the molecule is CNCCCc1cnn(-c2c(C)cc(C)cc2C)c1. The van der Waals surface area contributed by atoms with E-state index in [2.05, 4.69) is 49.5 Å². The summed E-state index contributed by atoms with van der Waals surface area (Å²) in [7, 11) is 1.99. The Balaban J connectivity index is 2.23. The van der Waals surface area contributed by atoms with Gasteiger partial charge < -0.3 is 5.32 Å². The number of nitrogens with one attached hydrogen (secondary N) is 1. The number of nitrogens with zero attached hydrogens (tertiary/aromatic N) is 2. The highest BCUT2D eigenvalue weighted by atomic mass is 15.3. The Morgan fingerprint density at radius 1 is 1.16 bits per heavy atom. The van der Waals surface area contributed by atoms with E-state index in [1.54, 1.807) is 0 Å². The lowest BCUT2D eigenvalue weighted by Gasteiger charge is -2.11. The molecular formula is C16H23N3. The minimum Gasteiger partial charge on any atom is -0.320 e. The quantitative estimate of drug-likeness (QED) is 0.835. The first-order valence-corrected chi connectivity index (χ1v) is 6.88. The summed E-state index contributed by atoms with van der Waals surface area (Å²) in [5.74, 6) is 0. The zero-order valence-corrected chi connectivity index (χ0v) is 12.3. The van der Waals surface area contributed by atoms with Crippen molar-refractivity contribution >= 4 is 0 Å². The number of hydrogen-bond acceptors (Lipinski definition) is 2. The van der Waals surface area contributed by atoms with E-state index in [0.29, 0.717) is 0 Å². The zero-order valence-electron chi connectivity index (χ0n) is 12.3. The average Bonchev–Trinajstić information content (AvgIpc) is 2.76. The molecule has 0 atom stereocenters. The van der Waals surface area contributed by atoms with E-state index in [-0.39, 0.29) is 0 Å². The summed E-state index contributed by atoms with van der Waals surface area (Å²) in [6.07, 6.45) is 6.35. The van der Waals surface area contributed by atoms with Crippen LogP contribution >= 0.6 is 0 Å². The molecule has 3 nitrogen and oxygen atoms in total. The summed E-state index contributed by atoms with van der Waals surface area (Å²) in [5, 5.41) is 7.69. The molecule has 0 radical (unpaired) electrons. The fourth-order valence-corrected chi connectivity index (χ4v) is 2.61. The topological polar surface area (TPSA) is 29.9 Å². The third-order valence-corrected chi connectivity index (χ3v) is 3.39. The van der Waals surface area contributed by atoms with Gasteiger partial charge in [0.1, 0.15) is 0 Å². The molecule has 102 valence electrons. The van der Waals surface area contributed by atoms with Crippen LogP contribution in [0, 0.1) is 20.8 Å². The average molecular weight is 257 g/mol. The van der Waals surface area contributed by atoms with Crippen molar-refractivity contribution in [2.24, 2.45) is 0 Å². The van der Waals surface area contributed by atoms with Gasteiger partial charge in [-0.25, -0.2) is 4.68 Å². The van der Waals surface area contributed by atoms with Crippen LogP contribution in [0.1, 0.15) is 28.7 Å². The monoisotopic (exact) mass is 257 g/mol. The number of benzene rings is 1. The molecule has 1 heterocycles. The first kappa shape index (κ1) is 13.8. The van der Waals surface area contributed by atoms with E-state index in [9.17, 15) is 0 Å². The lowest BCUT2D eigenvalue weighted by molar-refractivity contribution is 0.724. The third-order valence-electron chi connectivity index (χ3n) is 3.39. The van der Waals surface area contributed by atoms with Crippen LogP contribution in [0.25, 0.3) is 5.69 Å². The minimum atomic E-state index is 1.05. The number of aryl methyl sites for hydroxylation is 4. The van der Waals surface area contributed by atoms with E-state index in [0.717, 1.165) is 19.4 Å². The molecule has 1 aromatic carbocycles. The van der Waals surface area contributed by atoms with Crippen molar-refractivity contribution in [2.45, 2.75) is 33.6 Å². The van der Waals surface area contributed by atoms with Gasteiger partial charge in [0, 0.05) is 6.20 Å². The predicted octanol–water partition coefficient (Wildman–Crippen LogP) is 2.95. The van der Waals surface area contributed by atoms with Crippen molar-refractivity contribution in [3.05, 3.63) is 46.8 Å². The first-order valence-electron chi connectivity index (χ1n) is 6.88. The van der Waals surface area contributed by atoms with Crippen LogP contribution in [-0.4, -0.2) is 23.4 Å². The van der Waals surface area contributed by atoms with E-state index < -0.39 is 0 Å². The van der Waals surface area contributed by atoms with Crippen molar-refractivity contribution in [1.82, 2.24) is 15.1 Å². The molecule has 3 heteroatoms. The number of aromatic nitrogens is 2. The van der Waals surface area contributed by atoms with Crippen LogP contribution in [0.5, 0.6) is 0 Å². The first-order chi connectivity index (χ1) is 9.11. The Morgan fingerprint density at radius 2 is 1.84 bits per heavy atom. The molecule has 0 bridgehead atoms. The Kier molecular flexibility index (Phi) is 4.38. The fourth-order valence-electron chi connectivity index (χ4n) is 2.61. The molecule has 0 unspecified atom stereocenters. The maximum Gasteiger partial charge on any atom is 0.0704 e. The molecule has 0 saturated heterocycles. The Bertz CT molecular complexity index is 532. The summed E-state index contributed by atoms with van der Waals surface area (Å²) in [5.41, 5.74) is 6.38. The number of hydrogen-bond donors (Lipinski definition) is 1. The van der Waals surface area contributed by atoms with Gasteiger partial charge in [-0.3, -0.25) is 0 Å². The van der Waals surface area contributed by atoms with Crippen molar-refractivity contribution in [2.75, 3.05) is 13.6 Å². The van der Waals surface area contributed by atoms with Gasteiger partial charge in [-0.2, -0.15) is 5.10 Å². The molecule has 2 aromatic rings. The Labute approximate surface area is 115 Å². The van der Waals surface area contributed by atoms with Crippen LogP contribution in [0.15, 0.2) is 24.5 Å². The highest BCUT2D eigenvalue weighted by Crippen LogP contribution is 2.20. The molecule has 1 N–H and O–H groups in total. The van der Waals surface area contributed by atoms with Crippen molar-refractivity contribution in [1.29, 1.82) is 0 Å². The van der Waals surface area contributed by atoms with Gasteiger partial charge >= 0.3 is 0 Å². The fraction of sp³-hybridized carbons (Fsp3) is 0.438. The predicted molar refractivity (Wildman–Crippen MR) is 80.0 cm³/mol. The van der Waals surface area contributed by atoms with Gasteiger partial charge in [0.05, 0.1) is 11.9 Å². The second-order valence-electron chi connectivity index (χ2n) is 5.25. The second kappa shape index (κ2) is 6.02. The Morgan fingerprint density at radius 3 is 2.47 bits per heavy atom. The van der Waals surface area contributed by atoms with E-state index in [4.69, 9.17) is 0 Å². The van der Waals surface area contributed by atoms with Crippen molar-refractivity contribution < 1.29 is 0 Å². The van der Waals surface area contributed by atoms with Crippen LogP contribution in [-0.2, 0) is 6.42 Å². The molecule has 0 saturated carbocycles. The molecule has 19 heavy (non-hydrogen) atoms. The van der Waals surface area contributed by atoms with E-state index in [1.807, 2.05) is 17.9 Å². The lowest BCUT2D eigenvalue weighted by atomic mass is 10.1. The standard InChI is InChI=1S/C16H23N3/c1-12-8-13(2)16(14(3)9-12)19-11-15(10-18-19)6-5-7-17-4/h8-11,17H,5-7H2,1-4H3. The van der Waals surface area contributed by atoms with Gasteiger partial charge in [-0.1, -0.05) is 17.7 Å². The molecular weight excluding hydrogens is 234 g/mol. The van der Waals surface area contributed by atoms with Crippen molar-refractivity contribution in [3.8, 4) is 5.69 Å². The molecule has 0 aliphatic rings. The summed E-state index contributed by atoms with van der Waals surface area (Å²) in [6.45, 7) is 7.49. The smallest absolute Gasteiger partial charge is 0.0704 e. The lowest BCUT2D eigenvalue weighted by Crippen LogP contribution is -2.08. The Hall–Kier alpha value is -1.61. The van der Waals surface area contributed by atoms with Gasteiger partial charge in [0.25, 0.3) is 0 Å². The summed E-state index contributed by atoms with van der Waals surface area (Å²) >= 11 is 0. The van der Waals surface area contributed by atoms with Gasteiger partial charge in [-0.15, -0.1) is 0 Å². The van der Waals surface area contributed by atoms with Crippen molar-refractivity contribution in [3.63, 3.8) is 0 Å². The zero-order chi connectivity index (χ0) is 13.8. The third kappa shape index (κ3) is 3.24. The van der Waals surface area contributed by atoms with Crippen LogP contribution in [0.3, 0.4) is 0 Å². The van der Waals surface area contributed by atoms with Crippen LogP contribution < -0.4 is 5.32 Å². The normalized spacial score (nSPS) is 10.9. The molecule has 0 spiro atoms. The molecule has 0 aliphatic heterocycles. The van der Waals surface area contributed by atoms with Crippen LogP contribution in [0.4, 0.5) is 0 Å². The summed E-state index contributed by atoms with van der Waals surface area (Å²) in [6, 6.07) is 4.43. The second-order valence-corrected chi connectivity index (χ2v) is 5.25. The maximum absolute atomic E-state index is 4.51. The summed E-state index contributed by atoms with van der Waals surface area (Å²) < 4.78 is 2.01. The molecule has 0 amide bonds. The largest absolute Gasteiger partial charge is 0.320 e. The van der Waals surface area contributed by atoms with Crippen LogP contribution in [0.2, 0.25) is 0 Å². The number of rotatable bonds is 5. The minimum absolute atomic E-state index is 1.05. The summed E-state index contributed by atoms with van der Waals surface area (Å²) in [4.78, 5) is 0. The highest BCUT2D eigenvalue weighted by Gasteiger charge is 2.07. The molecule has 0 fully saturated rings. The van der Waals surface area contributed by atoms with Gasteiger partial charge in [-0.05, 0) is 63.9 Å². The molecule has 0 aliphatic carbocycles. The van der Waals surface area contributed by atoms with E-state index in [1.165, 1.54) is 27.9 Å². The maximum atomic E-state index is 4.51. The highest BCUT2D eigenvalue weighted by molar-refractivity contribution is 5.48. The van der Waals surface area contributed by atoms with Gasteiger partial charge in [0.15, 0.2) is 0 Å². The van der Waals surface area contributed by atoms with Gasteiger partial charge in [0.2, 0.25) is 0 Å². The van der Waals surface area contributed by atoms with E-state index >= 15 is 0 Å². The molecule has 2 rings (SSSR count).